The van der Waals surface area contributed by atoms with Crippen LogP contribution in [-0.4, -0.2) is 14.8 Å². The molecule has 0 aliphatic rings. The number of fused-ring (bicyclic) bond motifs is 2. The third-order valence-corrected chi connectivity index (χ3v) is 4.74. The molecule has 0 aliphatic carbocycles. The quantitative estimate of drug-likeness (QED) is 0.619. The third kappa shape index (κ3) is 2.05. The number of aromatic nitrogens is 3. The van der Waals surface area contributed by atoms with Crippen LogP contribution >= 0.6 is 11.3 Å². The van der Waals surface area contributed by atoms with Gasteiger partial charge in [-0.2, -0.15) is 5.10 Å². The highest BCUT2D eigenvalue weighted by atomic mass is 32.1. The van der Waals surface area contributed by atoms with Gasteiger partial charge in [-0.25, -0.2) is 4.98 Å². The Morgan fingerprint density at radius 3 is 2.86 bits per heavy atom. The Morgan fingerprint density at radius 1 is 1.18 bits per heavy atom. The first-order valence-corrected chi connectivity index (χ1v) is 8.10. The summed E-state index contributed by atoms with van der Waals surface area (Å²) in [6.07, 6.45) is 0. The molecule has 0 bridgehead atoms. The molecule has 1 aromatic carbocycles. The third-order valence-electron chi connectivity index (χ3n) is 3.86. The number of aryl methyl sites for hydroxylation is 2. The zero-order chi connectivity index (χ0) is 15.1. The fourth-order valence-electron chi connectivity index (χ4n) is 2.87. The highest BCUT2D eigenvalue weighted by Crippen LogP contribution is 2.33. The van der Waals surface area contributed by atoms with E-state index in [0.717, 1.165) is 39.9 Å². The molecule has 0 saturated heterocycles. The van der Waals surface area contributed by atoms with E-state index in [1.165, 1.54) is 4.88 Å². The van der Waals surface area contributed by atoms with Crippen molar-refractivity contribution in [2.75, 3.05) is 5.32 Å². The lowest BCUT2D eigenvalue weighted by Crippen LogP contribution is -2.01. The Kier molecular flexibility index (Phi) is 3.08. The maximum atomic E-state index is 4.77. The van der Waals surface area contributed by atoms with Crippen LogP contribution < -0.4 is 5.32 Å². The topological polar surface area (TPSA) is 42.7 Å². The summed E-state index contributed by atoms with van der Waals surface area (Å²) < 4.78 is 1.85. The SMILES string of the molecule is Cc1nn(C)c2nc3ccccc3c(NCc3cccs3)c12. The number of nitrogens with one attached hydrogen (secondary N) is 1. The molecular weight excluding hydrogens is 292 g/mol. The molecule has 5 heteroatoms. The summed E-state index contributed by atoms with van der Waals surface area (Å²) in [7, 11) is 1.94. The number of hydrogen-bond acceptors (Lipinski definition) is 4. The minimum absolute atomic E-state index is 0.815. The fraction of sp³-hybridized carbons (Fsp3) is 0.176. The van der Waals surface area contributed by atoms with Gasteiger partial charge in [-0.15, -0.1) is 11.3 Å². The number of benzene rings is 1. The van der Waals surface area contributed by atoms with Gasteiger partial charge in [0.1, 0.15) is 0 Å². The van der Waals surface area contributed by atoms with Crippen LogP contribution in [0.3, 0.4) is 0 Å². The van der Waals surface area contributed by atoms with E-state index in [9.17, 15) is 0 Å². The lowest BCUT2D eigenvalue weighted by Gasteiger charge is -2.11. The molecule has 4 aromatic rings. The van der Waals surface area contributed by atoms with Crippen molar-refractivity contribution >= 4 is 39.0 Å². The van der Waals surface area contributed by atoms with Crippen molar-refractivity contribution in [1.29, 1.82) is 0 Å². The second-order valence-electron chi connectivity index (χ2n) is 5.34. The van der Waals surface area contributed by atoms with E-state index >= 15 is 0 Å². The lowest BCUT2D eigenvalue weighted by molar-refractivity contribution is 0.775. The summed E-state index contributed by atoms with van der Waals surface area (Å²) in [5, 5.41) is 12.5. The van der Waals surface area contributed by atoms with Gasteiger partial charge in [0.25, 0.3) is 0 Å². The van der Waals surface area contributed by atoms with E-state index in [4.69, 9.17) is 4.98 Å². The molecule has 0 spiro atoms. The van der Waals surface area contributed by atoms with E-state index < -0.39 is 0 Å². The van der Waals surface area contributed by atoms with Gasteiger partial charge in [0, 0.05) is 23.9 Å². The number of anilines is 1. The molecular formula is C17H16N4S. The minimum atomic E-state index is 0.815. The Labute approximate surface area is 132 Å². The van der Waals surface area contributed by atoms with Crippen molar-refractivity contribution in [3.63, 3.8) is 0 Å². The smallest absolute Gasteiger partial charge is 0.160 e. The van der Waals surface area contributed by atoms with Crippen LogP contribution in [0.5, 0.6) is 0 Å². The summed E-state index contributed by atoms with van der Waals surface area (Å²) >= 11 is 1.76. The van der Waals surface area contributed by atoms with Gasteiger partial charge < -0.3 is 5.32 Å². The highest BCUT2D eigenvalue weighted by Gasteiger charge is 2.15. The standard InChI is InChI=1S/C17H16N4S/c1-11-15-16(18-10-12-6-5-9-22-12)13-7-3-4-8-14(13)19-17(15)21(2)20-11/h3-9H,10H2,1-2H3,(H,18,19). The molecule has 0 saturated carbocycles. The normalized spacial score (nSPS) is 11.4. The number of pyridine rings is 1. The molecule has 0 fully saturated rings. The highest BCUT2D eigenvalue weighted by molar-refractivity contribution is 7.09. The zero-order valence-electron chi connectivity index (χ0n) is 12.5. The average molecular weight is 308 g/mol. The van der Waals surface area contributed by atoms with E-state index in [1.54, 1.807) is 11.3 Å². The molecule has 3 aromatic heterocycles. The van der Waals surface area contributed by atoms with Gasteiger partial charge in [0.05, 0.1) is 22.3 Å². The second kappa shape index (κ2) is 5.10. The van der Waals surface area contributed by atoms with E-state index in [1.807, 2.05) is 30.8 Å². The Balaban J connectivity index is 1.94. The number of nitrogens with zero attached hydrogens (tertiary/aromatic N) is 3. The van der Waals surface area contributed by atoms with Gasteiger partial charge >= 0.3 is 0 Å². The number of rotatable bonds is 3. The average Bonchev–Trinajstić information content (AvgIpc) is 3.13. The minimum Gasteiger partial charge on any atom is -0.379 e. The van der Waals surface area contributed by atoms with E-state index in [-0.39, 0.29) is 0 Å². The molecule has 110 valence electrons. The molecule has 1 N–H and O–H groups in total. The van der Waals surface area contributed by atoms with Crippen molar-refractivity contribution in [3.05, 3.63) is 52.3 Å². The van der Waals surface area contributed by atoms with Crippen molar-refractivity contribution in [2.24, 2.45) is 7.05 Å². The van der Waals surface area contributed by atoms with Crippen LogP contribution in [0.1, 0.15) is 10.6 Å². The molecule has 4 rings (SSSR count). The van der Waals surface area contributed by atoms with Crippen LogP contribution in [0, 0.1) is 6.92 Å². The summed E-state index contributed by atoms with van der Waals surface area (Å²) in [4.78, 5) is 6.08. The van der Waals surface area contributed by atoms with Crippen molar-refractivity contribution < 1.29 is 0 Å². The van der Waals surface area contributed by atoms with Crippen LogP contribution in [-0.2, 0) is 13.6 Å². The van der Waals surface area contributed by atoms with Crippen LogP contribution in [0.4, 0.5) is 5.69 Å². The predicted molar refractivity (Wildman–Crippen MR) is 92.4 cm³/mol. The molecule has 0 unspecified atom stereocenters. The van der Waals surface area contributed by atoms with Crippen LogP contribution in [0.15, 0.2) is 41.8 Å². The largest absolute Gasteiger partial charge is 0.379 e. The van der Waals surface area contributed by atoms with Gasteiger partial charge in [-0.05, 0) is 24.4 Å². The molecule has 4 nitrogen and oxygen atoms in total. The molecule has 0 radical (unpaired) electrons. The first-order chi connectivity index (χ1) is 10.7. The van der Waals surface area contributed by atoms with Gasteiger partial charge in [-0.3, -0.25) is 4.68 Å². The Morgan fingerprint density at radius 2 is 2.05 bits per heavy atom. The van der Waals surface area contributed by atoms with Gasteiger partial charge in [0.15, 0.2) is 5.65 Å². The zero-order valence-corrected chi connectivity index (χ0v) is 13.3. The molecule has 0 aliphatic heterocycles. The Bertz CT molecular complexity index is 954. The number of thiophene rings is 1. The lowest BCUT2D eigenvalue weighted by atomic mass is 10.1. The fourth-order valence-corrected chi connectivity index (χ4v) is 3.52. The first-order valence-electron chi connectivity index (χ1n) is 7.22. The summed E-state index contributed by atoms with van der Waals surface area (Å²) in [5.74, 6) is 0. The van der Waals surface area contributed by atoms with Crippen molar-refractivity contribution in [2.45, 2.75) is 13.5 Å². The monoisotopic (exact) mass is 308 g/mol. The van der Waals surface area contributed by atoms with Gasteiger partial charge in [0.2, 0.25) is 0 Å². The number of hydrogen-bond donors (Lipinski definition) is 1. The first kappa shape index (κ1) is 13.3. The second-order valence-corrected chi connectivity index (χ2v) is 6.38. The molecule has 0 atom stereocenters. The van der Waals surface area contributed by atoms with Crippen LogP contribution in [0.2, 0.25) is 0 Å². The molecule has 22 heavy (non-hydrogen) atoms. The molecule has 0 amide bonds. The summed E-state index contributed by atoms with van der Waals surface area (Å²) in [5.41, 5.74) is 4.04. The van der Waals surface area contributed by atoms with Crippen molar-refractivity contribution in [3.8, 4) is 0 Å². The maximum Gasteiger partial charge on any atom is 0.160 e. The Hall–Kier alpha value is -2.40. The van der Waals surface area contributed by atoms with Crippen LogP contribution in [0.25, 0.3) is 21.9 Å². The van der Waals surface area contributed by atoms with E-state index in [2.05, 4.69) is 40.1 Å². The summed E-state index contributed by atoms with van der Waals surface area (Å²) in [6.45, 7) is 2.85. The van der Waals surface area contributed by atoms with E-state index in [0.29, 0.717) is 0 Å². The number of para-hydroxylation sites is 1. The summed E-state index contributed by atoms with van der Waals surface area (Å²) in [6, 6.07) is 12.5. The van der Waals surface area contributed by atoms with Crippen molar-refractivity contribution in [1.82, 2.24) is 14.8 Å². The predicted octanol–water partition coefficient (Wildman–Crippen LogP) is 4.10. The maximum absolute atomic E-state index is 4.77. The molecule has 3 heterocycles. The van der Waals surface area contributed by atoms with Gasteiger partial charge in [-0.1, -0.05) is 24.3 Å².